The highest BCUT2D eigenvalue weighted by molar-refractivity contribution is 5.66. The van der Waals surface area contributed by atoms with Crippen LogP contribution in [0.3, 0.4) is 0 Å². The molecule has 20 heavy (non-hydrogen) atoms. The van der Waals surface area contributed by atoms with Crippen LogP contribution >= 0.6 is 0 Å². The molecule has 2 heterocycles. The normalized spacial score (nSPS) is 25.9. The van der Waals surface area contributed by atoms with Gasteiger partial charge in [-0.1, -0.05) is 0 Å². The maximum Gasteiger partial charge on any atom is 0.242 e. The van der Waals surface area contributed by atoms with Crippen molar-refractivity contribution in [2.75, 3.05) is 17.7 Å². The van der Waals surface area contributed by atoms with Gasteiger partial charge < -0.3 is 20.5 Å². The number of nitrogen functional groups attached to an aromatic ring is 1. The van der Waals surface area contributed by atoms with Crippen molar-refractivity contribution < 1.29 is 9.47 Å². The summed E-state index contributed by atoms with van der Waals surface area (Å²) in [6.07, 6.45) is 5.34. The minimum Gasteiger partial charge on any atom is -0.473 e. The summed E-state index contributed by atoms with van der Waals surface area (Å²) in [5.74, 6) is 1.79. The molecular formula is C14H22N4O2. The summed E-state index contributed by atoms with van der Waals surface area (Å²) in [6.45, 7) is 4.70. The fraction of sp³-hybridized carbons (Fsp3) is 0.714. The van der Waals surface area contributed by atoms with Crippen LogP contribution < -0.4 is 15.8 Å². The fourth-order valence-corrected chi connectivity index (χ4v) is 2.64. The van der Waals surface area contributed by atoms with Gasteiger partial charge in [0.15, 0.2) is 5.82 Å². The van der Waals surface area contributed by atoms with Gasteiger partial charge in [-0.2, -0.15) is 4.98 Å². The average Bonchev–Trinajstić information content (AvgIpc) is 3.14. The Morgan fingerprint density at radius 2 is 2.15 bits per heavy atom. The van der Waals surface area contributed by atoms with E-state index in [4.69, 9.17) is 15.2 Å². The Bertz CT molecular complexity index is 476. The van der Waals surface area contributed by atoms with Gasteiger partial charge >= 0.3 is 0 Å². The first-order valence-electron chi connectivity index (χ1n) is 7.30. The number of anilines is 2. The number of nitrogens with zero attached hydrogens (tertiary/aromatic N) is 2. The number of hydrogen-bond donors (Lipinski definition) is 2. The average molecular weight is 278 g/mol. The zero-order chi connectivity index (χ0) is 14.1. The number of rotatable bonds is 5. The SMILES string of the molecule is CC(C)Oc1ncnc(NC2CCOC2C2CC2)c1N. The quantitative estimate of drug-likeness (QED) is 0.855. The maximum absolute atomic E-state index is 6.09. The van der Waals surface area contributed by atoms with E-state index in [1.54, 1.807) is 0 Å². The minimum absolute atomic E-state index is 0.0362. The highest BCUT2D eigenvalue weighted by Crippen LogP contribution is 2.40. The van der Waals surface area contributed by atoms with Crippen LogP contribution in [-0.4, -0.2) is 34.8 Å². The van der Waals surface area contributed by atoms with Crippen LogP contribution in [0.15, 0.2) is 6.33 Å². The van der Waals surface area contributed by atoms with Crippen molar-refractivity contribution in [2.24, 2.45) is 5.92 Å². The van der Waals surface area contributed by atoms with Crippen LogP contribution in [0.5, 0.6) is 5.88 Å². The summed E-state index contributed by atoms with van der Waals surface area (Å²) in [6, 6.07) is 0.284. The van der Waals surface area contributed by atoms with Crippen LogP contribution in [0.1, 0.15) is 33.1 Å². The van der Waals surface area contributed by atoms with Crippen molar-refractivity contribution in [3.05, 3.63) is 6.33 Å². The minimum atomic E-state index is 0.0362. The first-order chi connectivity index (χ1) is 9.65. The highest BCUT2D eigenvalue weighted by atomic mass is 16.5. The molecule has 1 saturated carbocycles. The second kappa shape index (κ2) is 5.44. The molecule has 2 fully saturated rings. The molecule has 0 spiro atoms. The van der Waals surface area contributed by atoms with Gasteiger partial charge in [-0.05, 0) is 39.0 Å². The molecule has 1 aromatic rings. The van der Waals surface area contributed by atoms with E-state index in [0.29, 0.717) is 29.4 Å². The molecule has 110 valence electrons. The van der Waals surface area contributed by atoms with Gasteiger partial charge in [-0.15, -0.1) is 0 Å². The first-order valence-corrected chi connectivity index (χ1v) is 7.30. The molecule has 1 aromatic heterocycles. The third-order valence-corrected chi connectivity index (χ3v) is 3.74. The van der Waals surface area contributed by atoms with Crippen LogP contribution in [0.25, 0.3) is 0 Å². The van der Waals surface area contributed by atoms with Crippen molar-refractivity contribution in [1.29, 1.82) is 0 Å². The van der Waals surface area contributed by atoms with Crippen LogP contribution in [0.2, 0.25) is 0 Å². The van der Waals surface area contributed by atoms with Crippen molar-refractivity contribution in [3.63, 3.8) is 0 Å². The van der Waals surface area contributed by atoms with Crippen LogP contribution in [0, 0.1) is 5.92 Å². The summed E-state index contributed by atoms with van der Waals surface area (Å²) < 4.78 is 11.4. The molecule has 6 nitrogen and oxygen atoms in total. The molecule has 3 N–H and O–H groups in total. The second-order valence-electron chi connectivity index (χ2n) is 5.82. The zero-order valence-electron chi connectivity index (χ0n) is 12.0. The molecule has 2 atom stereocenters. The van der Waals surface area contributed by atoms with E-state index in [9.17, 15) is 0 Å². The fourth-order valence-electron chi connectivity index (χ4n) is 2.64. The van der Waals surface area contributed by atoms with Crippen molar-refractivity contribution in [3.8, 4) is 5.88 Å². The molecule has 6 heteroatoms. The van der Waals surface area contributed by atoms with Crippen molar-refractivity contribution in [1.82, 2.24) is 9.97 Å². The monoisotopic (exact) mass is 278 g/mol. The van der Waals surface area contributed by atoms with Gasteiger partial charge in [0, 0.05) is 6.61 Å². The van der Waals surface area contributed by atoms with Gasteiger partial charge in [0.1, 0.15) is 12.0 Å². The predicted molar refractivity (Wildman–Crippen MR) is 76.7 cm³/mol. The Morgan fingerprint density at radius 1 is 1.35 bits per heavy atom. The number of hydrogen-bond acceptors (Lipinski definition) is 6. The van der Waals surface area contributed by atoms with Crippen molar-refractivity contribution in [2.45, 2.75) is 51.4 Å². The molecular weight excluding hydrogens is 256 g/mol. The predicted octanol–water partition coefficient (Wildman–Crippen LogP) is 1.83. The third-order valence-electron chi connectivity index (χ3n) is 3.74. The standard InChI is InChI=1S/C14H22N4O2/c1-8(2)20-14-11(15)13(16-7-17-14)18-10-5-6-19-12(10)9-3-4-9/h7-10,12H,3-6,15H2,1-2H3,(H,16,17,18). The lowest BCUT2D eigenvalue weighted by molar-refractivity contribution is 0.0898. The Hall–Kier alpha value is -1.56. The van der Waals surface area contributed by atoms with Crippen LogP contribution in [-0.2, 0) is 4.74 Å². The second-order valence-corrected chi connectivity index (χ2v) is 5.82. The van der Waals surface area contributed by atoms with Crippen molar-refractivity contribution >= 4 is 11.5 Å². The molecule has 1 aliphatic carbocycles. The summed E-state index contributed by atoms with van der Waals surface area (Å²) in [5.41, 5.74) is 6.57. The Morgan fingerprint density at radius 3 is 2.85 bits per heavy atom. The molecule has 0 radical (unpaired) electrons. The van der Waals surface area contributed by atoms with E-state index in [0.717, 1.165) is 13.0 Å². The number of aromatic nitrogens is 2. The molecule has 0 amide bonds. The number of nitrogens with one attached hydrogen (secondary N) is 1. The highest BCUT2D eigenvalue weighted by Gasteiger charge is 2.41. The lowest BCUT2D eigenvalue weighted by Crippen LogP contribution is -2.31. The van der Waals surface area contributed by atoms with Gasteiger partial charge in [0.2, 0.25) is 5.88 Å². The van der Waals surface area contributed by atoms with E-state index in [-0.39, 0.29) is 12.1 Å². The number of ether oxygens (including phenoxy) is 2. The Kier molecular flexibility index (Phi) is 3.65. The van der Waals surface area contributed by atoms with E-state index in [1.165, 1.54) is 19.2 Å². The summed E-state index contributed by atoms with van der Waals surface area (Å²) in [4.78, 5) is 8.33. The van der Waals surface area contributed by atoms with Gasteiger partial charge in [0.05, 0.1) is 18.2 Å². The van der Waals surface area contributed by atoms with E-state index in [2.05, 4.69) is 15.3 Å². The third kappa shape index (κ3) is 2.80. The number of nitrogens with two attached hydrogens (primary N) is 1. The smallest absolute Gasteiger partial charge is 0.242 e. The van der Waals surface area contributed by atoms with Crippen LogP contribution in [0.4, 0.5) is 11.5 Å². The Balaban J connectivity index is 1.73. The molecule has 1 aliphatic heterocycles. The summed E-state index contributed by atoms with van der Waals surface area (Å²) in [5, 5.41) is 3.41. The Labute approximate surface area is 119 Å². The zero-order valence-corrected chi connectivity index (χ0v) is 12.0. The van der Waals surface area contributed by atoms with Gasteiger partial charge in [-0.25, -0.2) is 4.98 Å². The topological polar surface area (TPSA) is 82.3 Å². The van der Waals surface area contributed by atoms with E-state index >= 15 is 0 Å². The lowest BCUT2D eigenvalue weighted by atomic mass is 10.1. The summed E-state index contributed by atoms with van der Waals surface area (Å²) in [7, 11) is 0. The summed E-state index contributed by atoms with van der Waals surface area (Å²) >= 11 is 0. The van der Waals surface area contributed by atoms with Gasteiger partial charge in [-0.3, -0.25) is 0 Å². The van der Waals surface area contributed by atoms with E-state index < -0.39 is 0 Å². The molecule has 2 unspecified atom stereocenters. The molecule has 0 aromatic carbocycles. The van der Waals surface area contributed by atoms with Gasteiger partial charge in [0.25, 0.3) is 0 Å². The van der Waals surface area contributed by atoms with E-state index in [1.807, 2.05) is 13.8 Å². The molecule has 2 aliphatic rings. The first kappa shape index (κ1) is 13.4. The largest absolute Gasteiger partial charge is 0.473 e. The lowest BCUT2D eigenvalue weighted by Gasteiger charge is -2.21. The maximum atomic E-state index is 6.09. The molecule has 1 saturated heterocycles. The molecule has 3 rings (SSSR count). The molecule has 0 bridgehead atoms.